The molecule has 0 aromatic heterocycles. The van der Waals surface area contributed by atoms with Crippen LogP contribution in [0.1, 0.15) is 11.6 Å². The van der Waals surface area contributed by atoms with Gasteiger partial charge in [0.1, 0.15) is 24.2 Å². The van der Waals surface area contributed by atoms with Crippen LogP contribution in [0.3, 0.4) is 0 Å². The van der Waals surface area contributed by atoms with Crippen LogP contribution in [0.2, 0.25) is 0 Å². The molecule has 0 saturated heterocycles. The number of methoxy groups -OCH3 is 1. The number of amidine groups is 1. The Morgan fingerprint density at radius 3 is 2.93 bits per heavy atom. The van der Waals surface area contributed by atoms with Crippen LogP contribution < -0.4 is 10.5 Å². The van der Waals surface area contributed by atoms with Crippen molar-refractivity contribution in [1.29, 1.82) is 0 Å². The quantitative estimate of drug-likeness (QED) is 0.798. The third kappa shape index (κ3) is 2.01. The molecule has 2 N–H and O–H groups in total. The molecular formula is C10H11FN2O2. The molecule has 1 aliphatic heterocycles. The first-order valence-corrected chi connectivity index (χ1v) is 4.49. The lowest BCUT2D eigenvalue weighted by Gasteiger charge is -2.07. The molecule has 15 heavy (non-hydrogen) atoms. The van der Waals surface area contributed by atoms with Gasteiger partial charge in [-0.3, -0.25) is 0 Å². The molecule has 0 radical (unpaired) electrons. The second-order valence-corrected chi connectivity index (χ2v) is 3.22. The van der Waals surface area contributed by atoms with Gasteiger partial charge in [-0.05, 0) is 17.7 Å². The summed E-state index contributed by atoms with van der Waals surface area (Å²) in [5, 5.41) is 0. The van der Waals surface area contributed by atoms with Gasteiger partial charge in [0.2, 0.25) is 0 Å². The molecule has 1 heterocycles. The fraction of sp³-hybridized carbons (Fsp3) is 0.300. The average Bonchev–Trinajstić information content (AvgIpc) is 2.64. The van der Waals surface area contributed by atoms with Gasteiger partial charge in [0.15, 0.2) is 0 Å². The Bertz CT molecular complexity index is 406. The van der Waals surface area contributed by atoms with Gasteiger partial charge in [-0.2, -0.15) is 0 Å². The van der Waals surface area contributed by atoms with Gasteiger partial charge in [0.25, 0.3) is 6.02 Å². The van der Waals surface area contributed by atoms with E-state index in [9.17, 15) is 4.39 Å². The summed E-state index contributed by atoms with van der Waals surface area (Å²) < 4.78 is 23.1. The van der Waals surface area contributed by atoms with E-state index in [1.807, 2.05) is 0 Å². The number of benzene rings is 1. The Kier molecular flexibility index (Phi) is 2.45. The normalized spacial score (nSPS) is 19.6. The maximum Gasteiger partial charge on any atom is 0.282 e. The molecule has 2 rings (SSSR count). The molecule has 80 valence electrons. The molecule has 0 fully saturated rings. The zero-order valence-electron chi connectivity index (χ0n) is 8.24. The van der Waals surface area contributed by atoms with E-state index in [2.05, 4.69) is 4.99 Å². The van der Waals surface area contributed by atoms with Crippen molar-refractivity contribution in [3.8, 4) is 5.75 Å². The second-order valence-electron chi connectivity index (χ2n) is 3.22. The molecule has 1 aliphatic rings. The first kappa shape index (κ1) is 9.76. The largest absolute Gasteiger partial charge is 0.497 e. The maximum absolute atomic E-state index is 13.2. The molecule has 0 spiro atoms. The molecule has 0 saturated carbocycles. The van der Waals surface area contributed by atoms with Gasteiger partial charge < -0.3 is 15.2 Å². The van der Waals surface area contributed by atoms with E-state index in [-0.39, 0.29) is 17.9 Å². The Labute approximate surface area is 86.5 Å². The Morgan fingerprint density at radius 2 is 2.33 bits per heavy atom. The Morgan fingerprint density at radius 1 is 1.53 bits per heavy atom. The number of aliphatic imine (C=N–C) groups is 1. The van der Waals surface area contributed by atoms with Crippen LogP contribution in [-0.2, 0) is 4.74 Å². The van der Waals surface area contributed by atoms with Crippen LogP contribution in [0.15, 0.2) is 23.2 Å². The highest BCUT2D eigenvalue weighted by molar-refractivity contribution is 5.73. The van der Waals surface area contributed by atoms with E-state index in [1.54, 1.807) is 6.07 Å². The fourth-order valence-corrected chi connectivity index (χ4v) is 1.46. The molecule has 1 aromatic carbocycles. The van der Waals surface area contributed by atoms with E-state index >= 15 is 0 Å². The van der Waals surface area contributed by atoms with Crippen LogP contribution in [0.5, 0.6) is 5.75 Å². The number of halogens is 1. The summed E-state index contributed by atoms with van der Waals surface area (Å²) >= 11 is 0. The topological polar surface area (TPSA) is 56.8 Å². The third-order valence-corrected chi connectivity index (χ3v) is 2.19. The van der Waals surface area contributed by atoms with Gasteiger partial charge in [-0.15, -0.1) is 0 Å². The molecule has 0 unspecified atom stereocenters. The van der Waals surface area contributed by atoms with Gasteiger partial charge in [0, 0.05) is 6.07 Å². The van der Waals surface area contributed by atoms with Crippen molar-refractivity contribution in [3.63, 3.8) is 0 Å². The van der Waals surface area contributed by atoms with Crippen molar-refractivity contribution >= 4 is 6.02 Å². The first-order chi connectivity index (χ1) is 7.19. The lowest BCUT2D eigenvalue weighted by Crippen LogP contribution is -2.10. The minimum absolute atomic E-state index is 0.142. The lowest BCUT2D eigenvalue weighted by molar-refractivity contribution is 0.314. The zero-order chi connectivity index (χ0) is 10.8. The molecular weight excluding hydrogens is 199 g/mol. The van der Waals surface area contributed by atoms with Crippen LogP contribution in [0, 0.1) is 5.82 Å². The van der Waals surface area contributed by atoms with Gasteiger partial charge in [-0.1, -0.05) is 0 Å². The molecule has 0 amide bonds. The smallest absolute Gasteiger partial charge is 0.282 e. The van der Waals surface area contributed by atoms with E-state index in [4.69, 9.17) is 15.2 Å². The fourth-order valence-electron chi connectivity index (χ4n) is 1.46. The summed E-state index contributed by atoms with van der Waals surface area (Å²) in [4.78, 5) is 4.03. The Hall–Kier alpha value is -1.78. The van der Waals surface area contributed by atoms with E-state index in [1.165, 1.54) is 19.2 Å². The van der Waals surface area contributed by atoms with Crippen molar-refractivity contribution in [2.45, 2.75) is 6.04 Å². The number of hydrogen-bond donors (Lipinski definition) is 1. The van der Waals surface area contributed by atoms with Gasteiger partial charge in [0.05, 0.1) is 7.11 Å². The number of nitrogens with zero attached hydrogens (tertiary/aromatic N) is 1. The lowest BCUT2D eigenvalue weighted by atomic mass is 10.1. The third-order valence-electron chi connectivity index (χ3n) is 2.19. The summed E-state index contributed by atoms with van der Waals surface area (Å²) in [6.07, 6.45) is 0. The summed E-state index contributed by atoms with van der Waals surface area (Å²) in [7, 11) is 1.49. The monoisotopic (exact) mass is 210 g/mol. The first-order valence-electron chi connectivity index (χ1n) is 4.49. The van der Waals surface area contributed by atoms with Crippen LogP contribution >= 0.6 is 0 Å². The SMILES string of the molecule is COc1cc(F)cc([C@H]2COC(N)=N2)c1. The van der Waals surface area contributed by atoms with Crippen molar-refractivity contribution in [2.75, 3.05) is 13.7 Å². The van der Waals surface area contributed by atoms with Crippen molar-refractivity contribution in [3.05, 3.63) is 29.6 Å². The molecule has 5 heteroatoms. The number of rotatable bonds is 2. The van der Waals surface area contributed by atoms with E-state index in [0.717, 1.165) is 0 Å². The summed E-state index contributed by atoms with van der Waals surface area (Å²) in [6, 6.07) is 4.34. The summed E-state index contributed by atoms with van der Waals surface area (Å²) in [5.74, 6) is 0.107. The molecule has 1 atom stereocenters. The van der Waals surface area contributed by atoms with Crippen LogP contribution in [0.25, 0.3) is 0 Å². The summed E-state index contributed by atoms with van der Waals surface area (Å²) in [5.41, 5.74) is 6.08. The molecule has 0 aliphatic carbocycles. The average molecular weight is 210 g/mol. The second kappa shape index (κ2) is 3.76. The van der Waals surface area contributed by atoms with Gasteiger partial charge in [-0.25, -0.2) is 9.38 Å². The van der Waals surface area contributed by atoms with Gasteiger partial charge >= 0.3 is 0 Å². The molecule has 0 bridgehead atoms. The van der Waals surface area contributed by atoms with Crippen molar-refractivity contribution in [2.24, 2.45) is 10.7 Å². The minimum atomic E-state index is -0.356. The van der Waals surface area contributed by atoms with Crippen molar-refractivity contribution in [1.82, 2.24) is 0 Å². The highest BCUT2D eigenvalue weighted by atomic mass is 19.1. The predicted octanol–water partition coefficient (Wildman–Crippen LogP) is 1.22. The maximum atomic E-state index is 13.2. The highest BCUT2D eigenvalue weighted by Crippen LogP contribution is 2.26. The predicted molar refractivity (Wildman–Crippen MR) is 53.3 cm³/mol. The van der Waals surface area contributed by atoms with E-state index < -0.39 is 0 Å². The molecule has 4 nitrogen and oxygen atoms in total. The highest BCUT2D eigenvalue weighted by Gasteiger charge is 2.19. The van der Waals surface area contributed by atoms with Crippen LogP contribution in [-0.4, -0.2) is 19.7 Å². The number of nitrogens with two attached hydrogens (primary N) is 1. The minimum Gasteiger partial charge on any atom is -0.497 e. The number of hydrogen-bond acceptors (Lipinski definition) is 4. The number of ether oxygens (including phenoxy) is 2. The Balaban J connectivity index is 2.32. The van der Waals surface area contributed by atoms with E-state index in [0.29, 0.717) is 17.9 Å². The molecule has 1 aromatic rings. The standard InChI is InChI=1S/C10H11FN2O2/c1-14-8-3-6(2-7(11)4-8)9-5-15-10(12)13-9/h2-4,9H,5H2,1H3,(H2,12,13)/t9-/m1/s1. The summed E-state index contributed by atoms with van der Waals surface area (Å²) in [6.45, 7) is 0.346. The zero-order valence-corrected chi connectivity index (χ0v) is 8.24. The van der Waals surface area contributed by atoms with Crippen molar-refractivity contribution < 1.29 is 13.9 Å². The van der Waals surface area contributed by atoms with Crippen LogP contribution in [0.4, 0.5) is 4.39 Å².